The van der Waals surface area contributed by atoms with Gasteiger partial charge in [-0.05, 0) is 65.3 Å². The van der Waals surface area contributed by atoms with E-state index < -0.39 is 27.1 Å². The van der Waals surface area contributed by atoms with Crippen molar-refractivity contribution < 1.29 is 17.9 Å². The zero-order chi connectivity index (χ0) is 19.3. The van der Waals surface area contributed by atoms with Crippen LogP contribution in [0.4, 0.5) is 4.79 Å². The minimum atomic E-state index is -3.16. The lowest BCUT2D eigenvalue weighted by Crippen LogP contribution is -2.47. The van der Waals surface area contributed by atoms with Crippen molar-refractivity contribution in [2.24, 2.45) is 0 Å². The van der Waals surface area contributed by atoms with Gasteiger partial charge in [0.2, 0.25) is 0 Å². The van der Waals surface area contributed by atoms with Gasteiger partial charge in [-0.1, -0.05) is 12.1 Å². The molecule has 0 unspecified atom stereocenters. The molecule has 0 radical (unpaired) electrons. The Morgan fingerprint density at radius 2 is 1.64 bits per heavy atom. The van der Waals surface area contributed by atoms with E-state index in [9.17, 15) is 13.2 Å². The summed E-state index contributed by atoms with van der Waals surface area (Å²) >= 11 is 0. The van der Waals surface area contributed by atoms with Gasteiger partial charge in [-0.25, -0.2) is 13.2 Å². The Morgan fingerprint density at radius 1 is 1.08 bits per heavy atom. The average molecular weight is 371 g/mol. The summed E-state index contributed by atoms with van der Waals surface area (Å²) in [5.41, 5.74) is 0.0942. The summed E-state index contributed by atoms with van der Waals surface area (Å²) in [6.07, 6.45) is 1.50. The Hall–Kier alpha value is -1.60. The predicted octanol–water partition coefficient (Wildman–Crippen LogP) is 2.87. The van der Waals surface area contributed by atoms with Gasteiger partial charge in [0.1, 0.15) is 5.60 Å². The number of sulfone groups is 1. The summed E-state index contributed by atoms with van der Waals surface area (Å²) < 4.78 is 28.1. The molecule has 0 bridgehead atoms. The van der Waals surface area contributed by atoms with Gasteiger partial charge in [-0.15, -0.1) is 0 Å². The molecule has 0 aliphatic carbocycles. The van der Waals surface area contributed by atoms with E-state index >= 15 is 0 Å². The summed E-state index contributed by atoms with van der Waals surface area (Å²) in [7, 11) is -3.16. The fourth-order valence-corrected chi connectivity index (χ4v) is 2.76. The number of benzene rings is 1. The molecule has 1 aromatic carbocycles. The molecule has 6 nitrogen and oxygen atoms in total. The van der Waals surface area contributed by atoms with Gasteiger partial charge in [-0.2, -0.15) is 0 Å². The predicted molar refractivity (Wildman–Crippen MR) is 99.3 cm³/mol. The second-order valence-corrected chi connectivity index (χ2v) is 9.87. The number of rotatable bonds is 7. The number of carbonyl (C=O) groups excluding carboxylic acids is 1. The van der Waals surface area contributed by atoms with Crippen LogP contribution in [0.5, 0.6) is 0 Å². The van der Waals surface area contributed by atoms with Crippen molar-refractivity contribution >= 4 is 15.9 Å². The monoisotopic (exact) mass is 370 g/mol. The normalized spacial score (nSPS) is 12.7. The third-order valence-electron chi connectivity index (χ3n) is 3.45. The highest BCUT2D eigenvalue weighted by Gasteiger charge is 2.24. The van der Waals surface area contributed by atoms with E-state index in [1.54, 1.807) is 24.3 Å². The quantitative estimate of drug-likeness (QED) is 0.721. The summed E-state index contributed by atoms with van der Waals surface area (Å²) in [5, 5.41) is 6.16. The number of hydrogen-bond acceptors (Lipinski definition) is 5. The smallest absolute Gasteiger partial charge is 0.408 e. The van der Waals surface area contributed by atoms with Crippen LogP contribution in [0.3, 0.4) is 0 Å². The molecule has 0 atom stereocenters. The van der Waals surface area contributed by atoms with Crippen LogP contribution in [0.25, 0.3) is 0 Å². The van der Waals surface area contributed by atoms with Crippen LogP contribution in [-0.2, 0) is 21.1 Å². The van der Waals surface area contributed by atoms with E-state index in [4.69, 9.17) is 4.74 Å². The van der Waals surface area contributed by atoms with Gasteiger partial charge in [0.25, 0.3) is 0 Å². The first-order valence-corrected chi connectivity index (χ1v) is 10.2. The Kier molecular flexibility index (Phi) is 7.02. The molecule has 0 saturated heterocycles. The first-order chi connectivity index (χ1) is 11.3. The van der Waals surface area contributed by atoms with Gasteiger partial charge in [0.05, 0.1) is 4.90 Å². The molecule has 25 heavy (non-hydrogen) atoms. The van der Waals surface area contributed by atoms with Crippen molar-refractivity contribution in [3.05, 3.63) is 29.8 Å². The Labute approximate surface area is 151 Å². The number of ether oxygens (including phenoxy) is 1. The van der Waals surface area contributed by atoms with Gasteiger partial charge in [0, 0.05) is 18.3 Å². The summed E-state index contributed by atoms with van der Waals surface area (Å²) in [6.45, 7) is 10.7. The number of carbonyl (C=O) groups is 1. The lowest BCUT2D eigenvalue weighted by atomic mass is 10.0. The molecule has 7 heteroatoms. The van der Waals surface area contributed by atoms with Crippen molar-refractivity contribution in [3.8, 4) is 0 Å². The fourth-order valence-electron chi connectivity index (χ4n) is 2.13. The number of amides is 1. The van der Waals surface area contributed by atoms with Crippen molar-refractivity contribution in [2.75, 3.05) is 12.8 Å². The van der Waals surface area contributed by atoms with Crippen molar-refractivity contribution in [1.82, 2.24) is 10.6 Å². The van der Waals surface area contributed by atoms with Gasteiger partial charge in [-0.3, -0.25) is 0 Å². The standard InChI is InChI=1S/C18H30N2O4S/c1-17(2,3)24-16(21)20-18(4,5)11-12-19-13-14-7-9-15(10-8-14)25(6,22)23/h7-10,19H,11-13H2,1-6H3,(H,20,21). The number of alkyl carbamates (subject to hydrolysis) is 1. The average Bonchev–Trinajstić information content (AvgIpc) is 2.40. The second kappa shape index (κ2) is 8.19. The molecule has 142 valence electrons. The lowest BCUT2D eigenvalue weighted by molar-refractivity contribution is 0.0468. The van der Waals surface area contributed by atoms with Crippen LogP contribution >= 0.6 is 0 Å². The molecule has 0 aliphatic rings. The molecule has 0 aliphatic heterocycles. The number of nitrogens with one attached hydrogen (secondary N) is 2. The Morgan fingerprint density at radius 3 is 2.12 bits per heavy atom. The molecule has 1 aromatic rings. The molecule has 2 N–H and O–H groups in total. The van der Waals surface area contributed by atoms with E-state index in [1.807, 2.05) is 34.6 Å². The maximum atomic E-state index is 11.8. The van der Waals surface area contributed by atoms with Crippen LogP contribution in [0.2, 0.25) is 0 Å². The van der Waals surface area contributed by atoms with Gasteiger partial charge < -0.3 is 15.4 Å². The zero-order valence-corrected chi connectivity index (χ0v) is 16.8. The van der Waals surface area contributed by atoms with Gasteiger partial charge >= 0.3 is 6.09 Å². The third kappa shape index (κ3) is 8.88. The maximum Gasteiger partial charge on any atom is 0.408 e. The van der Waals surface area contributed by atoms with E-state index in [0.717, 1.165) is 12.0 Å². The van der Waals surface area contributed by atoms with Crippen LogP contribution < -0.4 is 10.6 Å². The zero-order valence-electron chi connectivity index (χ0n) is 16.0. The largest absolute Gasteiger partial charge is 0.444 e. The van der Waals surface area contributed by atoms with Gasteiger partial charge in [0.15, 0.2) is 9.84 Å². The van der Waals surface area contributed by atoms with Crippen LogP contribution in [0.15, 0.2) is 29.2 Å². The highest BCUT2D eigenvalue weighted by molar-refractivity contribution is 7.90. The van der Waals surface area contributed by atoms with E-state index in [2.05, 4.69) is 10.6 Å². The highest BCUT2D eigenvalue weighted by atomic mass is 32.2. The minimum Gasteiger partial charge on any atom is -0.444 e. The molecule has 0 saturated carbocycles. The first-order valence-electron chi connectivity index (χ1n) is 8.29. The Balaban J connectivity index is 2.40. The second-order valence-electron chi connectivity index (χ2n) is 7.85. The fraction of sp³-hybridized carbons (Fsp3) is 0.611. The van der Waals surface area contributed by atoms with E-state index in [1.165, 1.54) is 6.26 Å². The molecule has 1 amide bonds. The molecular formula is C18H30N2O4S. The van der Waals surface area contributed by atoms with E-state index in [-0.39, 0.29) is 0 Å². The summed E-state index contributed by atoms with van der Waals surface area (Å²) in [4.78, 5) is 12.2. The summed E-state index contributed by atoms with van der Waals surface area (Å²) in [5.74, 6) is 0. The number of hydrogen-bond donors (Lipinski definition) is 2. The van der Waals surface area contributed by atoms with Crippen LogP contribution in [0, 0.1) is 0 Å². The molecule has 0 aromatic heterocycles. The third-order valence-corrected chi connectivity index (χ3v) is 4.58. The molecule has 0 fully saturated rings. The van der Waals surface area contributed by atoms with Crippen LogP contribution in [0.1, 0.15) is 46.6 Å². The topological polar surface area (TPSA) is 84.5 Å². The maximum absolute atomic E-state index is 11.8. The molecular weight excluding hydrogens is 340 g/mol. The first kappa shape index (κ1) is 21.4. The Bertz CT molecular complexity index is 674. The SMILES string of the molecule is CC(C)(CCNCc1ccc(S(C)(=O)=O)cc1)NC(=O)OC(C)(C)C. The lowest BCUT2D eigenvalue weighted by Gasteiger charge is -2.28. The summed E-state index contributed by atoms with van der Waals surface area (Å²) in [6, 6.07) is 6.82. The van der Waals surface area contributed by atoms with Crippen LogP contribution in [-0.4, -0.2) is 38.5 Å². The molecule has 0 heterocycles. The molecule has 0 spiro atoms. The highest BCUT2D eigenvalue weighted by Crippen LogP contribution is 2.13. The van der Waals surface area contributed by atoms with E-state index in [0.29, 0.717) is 18.0 Å². The van der Waals surface area contributed by atoms with Crippen molar-refractivity contribution in [2.45, 2.75) is 63.6 Å². The van der Waals surface area contributed by atoms with Crippen molar-refractivity contribution in [3.63, 3.8) is 0 Å². The molecule has 1 rings (SSSR count). The van der Waals surface area contributed by atoms with Crippen molar-refractivity contribution in [1.29, 1.82) is 0 Å². The minimum absolute atomic E-state index is 0.318.